The number of hydrogen-bond acceptors (Lipinski definition) is 3. The third-order valence-electron chi connectivity index (χ3n) is 7.08. The number of rotatable bonds is 3. The van der Waals surface area contributed by atoms with Gasteiger partial charge in [0.25, 0.3) is 8.32 Å². The fourth-order valence-corrected chi connectivity index (χ4v) is 5.73. The van der Waals surface area contributed by atoms with Gasteiger partial charge < -0.3 is 9.16 Å². The molecule has 0 N–H and O–H groups in total. The number of allylic oxidation sites excluding steroid dienone is 1. The Balaban J connectivity index is 1.87. The lowest BCUT2D eigenvalue weighted by Gasteiger charge is -2.37. The Kier molecular flexibility index (Phi) is 5.27. The van der Waals surface area contributed by atoms with Crippen molar-refractivity contribution in [1.29, 1.82) is 0 Å². The number of benzene rings is 1. The summed E-state index contributed by atoms with van der Waals surface area (Å²) in [5, 5.41) is 5.59. The van der Waals surface area contributed by atoms with E-state index in [-0.39, 0.29) is 17.1 Å². The van der Waals surface area contributed by atoms with Gasteiger partial charge >= 0.3 is 0 Å². The van der Waals surface area contributed by atoms with E-state index in [9.17, 15) is 0 Å². The van der Waals surface area contributed by atoms with Crippen LogP contribution in [-0.2, 0) is 14.6 Å². The van der Waals surface area contributed by atoms with Crippen LogP contribution in [0.3, 0.4) is 0 Å². The van der Waals surface area contributed by atoms with Gasteiger partial charge in [-0.1, -0.05) is 20.8 Å². The largest absolute Gasteiger partial charge is 0.541 e. The van der Waals surface area contributed by atoms with E-state index in [1.54, 1.807) is 0 Å². The average molecular weight is 496 g/mol. The molecular weight excluding hydrogens is 463 g/mol. The van der Waals surface area contributed by atoms with Crippen LogP contribution in [0.4, 0.5) is 4.39 Å². The lowest BCUT2D eigenvalue weighted by Crippen LogP contribution is -2.40. The molecule has 4 nitrogen and oxygen atoms in total. The lowest BCUT2D eigenvalue weighted by molar-refractivity contribution is -0.0366. The van der Waals surface area contributed by atoms with Crippen molar-refractivity contribution in [2.24, 2.45) is 0 Å². The summed E-state index contributed by atoms with van der Waals surface area (Å²) in [6.07, 6.45) is 4.95. The minimum absolute atomic E-state index is 0.0209. The molecule has 0 radical (unpaired) electrons. The van der Waals surface area contributed by atoms with Crippen molar-refractivity contribution in [2.75, 3.05) is 6.61 Å². The Labute approximate surface area is 188 Å². The molecule has 1 fully saturated rings. The van der Waals surface area contributed by atoms with Crippen LogP contribution in [0.1, 0.15) is 71.2 Å². The zero-order chi connectivity index (χ0) is 22.1. The second-order valence-electron chi connectivity index (χ2n) is 10.6. The van der Waals surface area contributed by atoms with Gasteiger partial charge in [0.05, 0.1) is 11.7 Å². The summed E-state index contributed by atoms with van der Waals surface area (Å²) in [4.78, 5) is 0. The highest BCUT2D eigenvalue weighted by atomic mass is 79.9. The van der Waals surface area contributed by atoms with Crippen molar-refractivity contribution in [2.45, 2.75) is 83.7 Å². The Hall–Kier alpha value is -1.18. The molecule has 2 aliphatic rings. The SMILES string of the molecule is CC1(C)C(F)=C(O[Si](C)(C)C(C)(C)C)c2c1cc1c(cnn1C1CCCCO1)c2Br. The predicted octanol–water partition coefficient (Wildman–Crippen LogP) is 7.45. The molecule has 1 saturated heterocycles. The summed E-state index contributed by atoms with van der Waals surface area (Å²) in [5.74, 6) is 0.209. The predicted molar refractivity (Wildman–Crippen MR) is 126 cm³/mol. The van der Waals surface area contributed by atoms with Gasteiger partial charge in [-0.05, 0) is 78.8 Å². The van der Waals surface area contributed by atoms with Gasteiger partial charge in [-0.15, -0.1) is 0 Å². The molecule has 0 saturated carbocycles. The van der Waals surface area contributed by atoms with Gasteiger partial charge in [0.2, 0.25) is 0 Å². The van der Waals surface area contributed by atoms with Gasteiger partial charge in [-0.3, -0.25) is 0 Å². The maximum Gasteiger partial charge on any atom is 0.250 e. The van der Waals surface area contributed by atoms with Crippen molar-refractivity contribution in [1.82, 2.24) is 9.78 Å². The first kappa shape index (κ1) is 22.0. The second kappa shape index (κ2) is 7.17. The van der Waals surface area contributed by atoms with Gasteiger partial charge in [0, 0.05) is 27.4 Å². The van der Waals surface area contributed by atoms with Crippen molar-refractivity contribution in [3.63, 3.8) is 0 Å². The van der Waals surface area contributed by atoms with Crippen LogP contribution in [0.25, 0.3) is 16.7 Å². The summed E-state index contributed by atoms with van der Waals surface area (Å²) in [5.41, 5.74) is 1.98. The summed E-state index contributed by atoms with van der Waals surface area (Å²) in [6, 6.07) is 2.09. The molecule has 7 heteroatoms. The van der Waals surface area contributed by atoms with Crippen LogP contribution in [0.15, 0.2) is 22.6 Å². The standard InChI is InChI=1S/C23H32BrFN2O2Si/c1-22(2,3)30(6,7)29-20-18-15(23(4,5)21(20)25)12-16-14(19(18)24)13-26-27(16)17-10-8-9-11-28-17/h12-13,17H,8-11H2,1-7H3. The first-order valence-electron chi connectivity index (χ1n) is 10.8. The average Bonchev–Trinajstić information content (AvgIpc) is 3.16. The van der Waals surface area contributed by atoms with E-state index in [4.69, 9.17) is 9.16 Å². The number of ether oxygens (including phenoxy) is 1. The Bertz CT molecular complexity index is 1030. The molecule has 1 aromatic carbocycles. The van der Waals surface area contributed by atoms with Crippen LogP contribution in [0.5, 0.6) is 0 Å². The van der Waals surface area contributed by atoms with Crippen LogP contribution in [0, 0.1) is 0 Å². The van der Waals surface area contributed by atoms with E-state index >= 15 is 4.39 Å². The Morgan fingerprint density at radius 1 is 1.30 bits per heavy atom. The van der Waals surface area contributed by atoms with E-state index in [1.807, 2.05) is 24.7 Å². The van der Waals surface area contributed by atoms with E-state index in [0.29, 0.717) is 5.76 Å². The first-order valence-corrected chi connectivity index (χ1v) is 14.5. The minimum atomic E-state index is -2.21. The maximum atomic E-state index is 15.8. The van der Waals surface area contributed by atoms with Crippen molar-refractivity contribution in [3.8, 4) is 0 Å². The smallest absolute Gasteiger partial charge is 0.250 e. The van der Waals surface area contributed by atoms with Gasteiger partial charge in [-0.2, -0.15) is 5.10 Å². The molecule has 1 atom stereocenters. The van der Waals surface area contributed by atoms with Crippen molar-refractivity contribution in [3.05, 3.63) is 33.7 Å². The summed E-state index contributed by atoms with van der Waals surface area (Å²) < 4.78 is 31.1. The third kappa shape index (κ3) is 3.28. The molecule has 2 heterocycles. The van der Waals surface area contributed by atoms with Crippen LogP contribution in [-0.4, -0.2) is 24.7 Å². The number of hydrogen-bond donors (Lipinski definition) is 0. The number of fused-ring (bicyclic) bond motifs is 2. The van der Waals surface area contributed by atoms with Gasteiger partial charge in [-0.25, -0.2) is 9.07 Å². The molecule has 1 aliphatic heterocycles. The minimum Gasteiger partial charge on any atom is -0.541 e. The molecule has 4 rings (SSSR count). The number of aromatic nitrogens is 2. The monoisotopic (exact) mass is 494 g/mol. The van der Waals surface area contributed by atoms with E-state index in [2.05, 4.69) is 61.0 Å². The summed E-state index contributed by atoms with van der Waals surface area (Å²) in [6.45, 7) is 15.4. The van der Waals surface area contributed by atoms with Gasteiger partial charge in [0.1, 0.15) is 5.76 Å². The van der Waals surface area contributed by atoms with Gasteiger partial charge in [0.15, 0.2) is 12.1 Å². The highest BCUT2D eigenvalue weighted by molar-refractivity contribution is 9.10. The zero-order valence-electron chi connectivity index (χ0n) is 19.0. The Morgan fingerprint density at radius 3 is 2.60 bits per heavy atom. The highest BCUT2D eigenvalue weighted by Crippen LogP contribution is 2.54. The van der Waals surface area contributed by atoms with Crippen LogP contribution >= 0.6 is 15.9 Å². The topological polar surface area (TPSA) is 36.3 Å². The van der Waals surface area contributed by atoms with Crippen molar-refractivity contribution >= 4 is 40.9 Å². The summed E-state index contributed by atoms with van der Waals surface area (Å²) >= 11 is 3.79. The molecule has 0 bridgehead atoms. The molecule has 1 aliphatic carbocycles. The zero-order valence-corrected chi connectivity index (χ0v) is 21.6. The normalized spacial score (nSPS) is 22.0. The number of halogens is 2. The molecule has 1 aromatic heterocycles. The van der Waals surface area contributed by atoms with Crippen LogP contribution < -0.4 is 0 Å². The first-order chi connectivity index (χ1) is 13.9. The molecule has 2 aromatic rings. The van der Waals surface area contributed by atoms with E-state index in [1.165, 1.54) is 0 Å². The molecule has 0 spiro atoms. The fourth-order valence-electron chi connectivity index (χ4n) is 4.02. The maximum absolute atomic E-state index is 15.8. The third-order valence-corrected chi connectivity index (χ3v) is 12.2. The van der Waals surface area contributed by atoms with E-state index < -0.39 is 13.7 Å². The second-order valence-corrected chi connectivity index (χ2v) is 16.1. The molecule has 0 amide bonds. The molecular formula is C23H32BrFN2O2Si. The quantitative estimate of drug-likeness (QED) is 0.415. The highest BCUT2D eigenvalue weighted by Gasteiger charge is 2.47. The molecule has 1 unspecified atom stereocenters. The number of nitrogens with zero attached hydrogens (tertiary/aromatic N) is 2. The lowest BCUT2D eigenvalue weighted by atomic mass is 9.86. The van der Waals surface area contributed by atoms with E-state index in [0.717, 1.165) is 52.4 Å². The van der Waals surface area contributed by atoms with Crippen LogP contribution in [0.2, 0.25) is 18.1 Å². The molecule has 30 heavy (non-hydrogen) atoms. The van der Waals surface area contributed by atoms with Crippen molar-refractivity contribution < 1.29 is 13.6 Å². The fraction of sp³-hybridized carbons (Fsp3) is 0.609. The summed E-state index contributed by atoms with van der Waals surface area (Å²) in [7, 11) is -2.21. The molecule has 164 valence electrons. The Morgan fingerprint density at radius 2 is 2.00 bits per heavy atom.